The molecule has 2 heterocycles. The maximum atomic E-state index is 11.7. The second-order valence-corrected chi connectivity index (χ2v) is 3.53. The molecular weight excluding hydrogens is 222 g/mol. The van der Waals surface area contributed by atoms with Crippen molar-refractivity contribution in [3.8, 4) is 0 Å². The van der Waals surface area contributed by atoms with Gasteiger partial charge in [0.15, 0.2) is 5.82 Å². The summed E-state index contributed by atoms with van der Waals surface area (Å²) in [7, 11) is 0. The Morgan fingerprint density at radius 2 is 2.41 bits per heavy atom. The van der Waals surface area contributed by atoms with E-state index in [-0.39, 0.29) is 17.7 Å². The fourth-order valence-electron chi connectivity index (χ4n) is 1.42. The van der Waals surface area contributed by atoms with Gasteiger partial charge in [-0.2, -0.15) is 4.98 Å². The van der Waals surface area contributed by atoms with Crippen molar-refractivity contribution in [1.29, 1.82) is 0 Å². The SMILES string of the molecule is Cc1noc(C=CC(=O)N2CCC=CC2=O)n1. The summed E-state index contributed by atoms with van der Waals surface area (Å²) >= 11 is 0. The molecule has 2 amide bonds. The first kappa shape index (κ1) is 11.3. The normalized spacial score (nSPS) is 15.8. The van der Waals surface area contributed by atoms with Crippen LogP contribution in [0.4, 0.5) is 0 Å². The highest BCUT2D eigenvalue weighted by molar-refractivity contribution is 6.06. The number of aryl methyl sites for hydroxylation is 1. The lowest BCUT2D eigenvalue weighted by Gasteiger charge is -2.19. The average Bonchev–Trinajstić information content (AvgIpc) is 2.73. The van der Waals surface area contributed by atoms with Crippen LogP contribution in [0.25, 0.3) is 6.08 Å². The van der Waals surface area contributed by atoms with Crippen molar-refractivity contribution >= 4 is 17.9 Å². The molecule has 0 spiro atoms. The van der Waals surface area contributed by atoms with Crippen molar-refractivity contribution in [2.75, 3.05) is 6.54 Å². The van der Waals surface area contributed by atoms with Crippen LogP contribution in [0.5, 0.6) is 0 Å². The molecule has 0 saturated heterocycles. The molecule has 0 saturated carbocycles. The van der Waals surface area contributed by atoms with Crippen LogP contribution in [0, 0.1) is 6.92 Å². The number of hydrogen-bond donors (Lipinski definition) is 0. The molecule has 1 aromatic rings. The Balaban J connectivity index is 2.04. The van der Waals surface area contributed by atoms with Crippen LogP contribution in [0.15, 0.2) is 22.8 Å². The third-order valence-corrected chi connectivity index (χ3v) is 2.22. The van der Waals surface area contributed by atoms with E-state index in [1.807, 2.05) is 0 Å². The molecule has 1 aliphatic rings. The first-order chi connectivity index (χ1) is 8.16. The number of nitrogens with zero attached hydrogens (tertiary/aromatic N) is 3. The Bertz CT molecular complexity index is 502. The largest absolute Gasteiger partial charge is 0.335 e. The van der Waals surface area contributed by atoms with Crippen LogP contribution in [0.2, 0.25) is 0 Å². The van der Waals surface area contributed by atoms with Gasteiger partial charge in [0.25, 0.3) is 17.7 Å². The summed E-state index contributed by atoms with van der Waals surface area (Å²) in [6.45, 7) is 2.09. The van der Waals surface area contributed by atoms with Gasteiger partial charge in [0.1, 0.15) is 0 Å². The summed E-state index contributed by atoms with van der Waals surface area (Å²) in [6.07, 6.45) is 6.48. The lowest BCUT2D eigenvalue weighted by Crippen LogP contribution is -2.37. The van der Waals surface area contributed by atoms with Crippen molar-refractivity contribution < 1.29 is 14.1 Å². The van der Waals surface area contributed by atoms with E-state index in [0.717, 1.165) is 0 Å². The Morgan fingerprint density at radius 3 is 3.06 bits per heavy atom. The molecule has 0 bridgehead atoms. The van der Waals surface area contributed by atoms with Crippen molar-refractivity contribution in [3.05, 3.63) is 29.9 Å². The monoisotopic (exact) mass is 233 g/mol. The quantitative estimate of drug-likeness (QED) is 0.703. The van der Waals surface area contributed by atoms with E-state index in [0.29, 0.717) is 18.8 Å². The van der Waals surface area contributed by atoms with Gasteiger partial charge >= 0.3 is 0 Å². The highest BCUT2D eigenvalue weighted by Crippen LogP contribution is 2.05. The van der Waals surface area contributed by atoms with Crippen LogP contribution in [-0.2, 0) is 9.59 Å². The Labute approximate surface area is 97.6 Å². The summed E-state index contributed by atoms with van der Waals surface area (Å²) in [5.41, 5.74) is 0. The van der Waals surface area contributed by atoms with E-state index in [1.165, 1.54) is 23.1 Å². The Kier molecular flexibility index (Phi) is 3.13. The number of carbonyl (C=O) groups is 2. The summed E-state index contributed by atoms with van der Waals surface area (Å²) in [5, 5.41) is 3.58. The van der Waals surface area contributed by atoms with Gasteiger partial charge in [-0.25, -0.2) is 0 Å². The second kappa shape index (κ2) is 4.73. The molecule has 0 unspecified atom stereocenters. The first-order valence-corrected chi connectivity index (χ1v) is 5.17. The van der Waals surface area contributed by atoms with E-state index in [1.54, 1.807) is 13.0 Å². The predicted molar refractivity (Wildman–Crippen MR) is 58.5 cm³/mol. The van der Waals surface area contributed by atoms with E-state index in [9.17, 15) is 9.59 Å². The van der Waals surface area contributed by atoms with Crippen molar-refractivity contribution in [1.82, 2.24) is 15.0 Å². The molecule has 0 N–H and O–H groups in total. The van der Waals surface area contributed by atoms with Crippen molar-refractivity contribution in [3.63, 3.8) is 0 Å². The third kappa shape index (κ3) is 2.66. The van der Waals surface area contributed by atoms with Crippen LogP contribution >= 0.6 is 0 Å². The van der Waals surface area contributed by atoms with Crippen molar-refractivity contribution in [2.24, 2.45) is 0 Å². The van der Waals surface area contributed by atoms with Crippen LogP contribution in [0.1, 0.15) is 18.1 Å². The lowest BCUT2D eigenvalue weighted by molar-refractivity contribution is -0.139. The van der Waals surface area contributed by atoms with Crippen LogP contribution in [-0.4, -0.2) is 33.4 Å². The van der Waals surface area contributed by atoms with Gasteiger partial charge in [0, 0.05) is 18.7 Å². The highest BCUT2D eigenvalue weighted by Gasteiger charge is 2.18. The maximum Gasteiger partial charge on any atom is 0.253 e. The van der Waals surface area contributed by atoms with Gasteiger partial charge in [0.05, 0.1) is 0 Å². The zero-order valence-corrected chi connectivity index (χ0v) is 9.29. The highest BCUT2D eigenvalue weighted by atomic mass is 16.5. The number of hydrogen-bond acceptors (Lipinski definition) is 5. The fraction of sp³-hybridized carbons (Fsp3) is 0.273. The summed E-state index contributed by atoms with van der Waals surface area (Å²) < 4.78 is 4.81. The van der Waals surface area contributed by atoms with E-state index < -0.39 is 0 Å². The number of aromatic nitrogens is 2. The minimum atomic E-state index is -0.379. The zero-order chi connectivity index (χ0) is 12.3. The summed E-state index contributed by atoms with van der Waals surface area (Å²) in [4.78, 5) is 28.1. The Morgan fingerprint density at radius 1 is 1.59 bits per heavy atom. The van der Waals surface area contributed by atoms with E-state index in [2.05, 4.69) is 10.1 Å². The third-order valence-electron chi connectivity index (χ3n) is 2.22. The molecule has 17 heavy (non-hydrogen) atoms. The standard InChI is InChI=1S/C11H11N3O3/c1-8-12-9(17-13-8)5-6-11(16)14-7-3-2-4-10(14)15/h2,4-6H,3,7H2,1H3. The van der Waals surface area contributed by atoms with Gasteiger partial charge in [-0.05, 0) is 19.4 Å². The van der Waals surface area contributed by atoms with E-state index in [4.69, 9.17) is 4.52 Å². The molecule has 6 nitrogen and oxygen atoms in total. The smallest absolute Gasteiger partial charge is 0.253 e. The minimum Gasteiger partial charge on any atom is -0.335 e. The van der Waals surface area contributed by atoms with Gasteiger partial charge in [-0.3, -0.25) is 14.5 Å². The minimum absolute atomic E-state index is 0.246. The lowest BCUT2D eigenvalue weighted by atomic mass is 10.2. The van der Waals surface area contributed by atoms with E-state index >= 15 is 0 Å². The zero-order valence-electron chi connectivity index (χ0n) is 9.29. The van der Waals surface area contributed by atoms with Crippen molar-refractivity contribution in [2.45, 2.75) is 13.3 Å². The molecule has 1 aromatic heterocycles. The predicted octanol–water partition coefficient (Wildman–Crippen LogP) is 0.706. The molecule has 1 aliphatic heterocycles. The summed E-state index contributed by atoms with van der Waals surface area (Å²) in [6, 6.07) is 0. The van der Waals surface area contributed by atoms with Crippen LogP contribution in [0.3, 0.4) is 0 Å². The van der Waals surface area contributed by atoms with Gasteiger partial charge < -0.3 is 4.52 Å². The number of rotatable bonds is 2. The molecule has 2 rings (SSSR count). The average molecular weight is 233 g/mol. The second-order valence-electron chi connectivity index (χ2n) is 3.53. The number of amides is 2. The summed E-state index contributed by atoms with van der Waals surface area (Å²) in [5.74, 6) is 0.0627. The first-order valence-electron chi connectivity index (χ1n) is 5.17. The molecule has 0 aromatic carbocycles. The molecule has 0 radical (unpaired) electrons. The Hall–Kier alpha value is -2.24. The molecule has 88 valence electrons. The molecule has 0 atom stereocenters. The molecule has 0 aliphatic carbocycles. The fourth-order valence-corrected chi connectivity index (χ4v) is 1.42. The molecule has 6 heteroatoms. The topological polar surface area (TPSA) is 76.3 Å². The van der Waals surface area contributed by atoms with Gasteiger partial charge in [-0.15, -0.1) is 0 Å². The molecular formula is C11H11N3O3. The van der Waals surface area contributed by atoms with Crippen LogP contribution < -0.4 is 0 Å². The number of imide groups is 1. The van der Waals surface area contributed by atoms with Gasteiger partial charge in [0.2, 0.25) is 0 Å². The maximum absolute atomic E-state index is 11.7. The van der Waals surface area contributed by atoms with Gasteiger partial charge in [-0.1, -0.05) is 11.2 Å². The molecule has 0 fully saturated rings. The number of carbonyl (C=O) groups excluding carboxylic acids is 2.